The van der Waals surface area contributed by atoms with E-state index in [1.807, 2.05) is 42.7 Å². The fraction of sp³-hybridized carbons (Fsp3) is 0.438. The first kappa shape index (κ1) is 13.3. The van der Waals surface area contributed by atoms with Crippen molar-refractivity contribution in [1.29, 1.82) is 0 Å². The molecule has 3 rings (SSSR count). The number of aromatic amines is 1. The molecule has 106 valence electrons. The molecule has 0 radical (unpaired) electrons. The molecule has 0 unspecified atom stereocenters. The molecule has 4 heteroatoms. The summed E-state index contributed by atoms with van der Waals surface area (Å²) in [5.74, 6) is 1.64. The van der Waals surface area contributed by atoms with Crippen LogP contribution >= 0.6 is 0 Å². The molecule has 1 aliphatic rings. The van der Waals surface area contributed by atoms with Crippen molar-refractivity contribution in [3.8, 4) is 0 Å². The predicted octanol–water partition coefficient (Wildman–Crippen LogP) is 2.32. The molecule has 0 spiro atoms. The molecule has 0 bridgehead atoms. The Morgan fingerprint density at radius 3 is 2.65 bits per heavy atom. The number of benzene rings is 1. The number of rotatable bonds is 4. The Kier molecular flexibility index (Phi) is 4.14. The van der Waals surface area contributed by atoms with E-state index in [4.69, 9.17) is 0 Å². The lowest BCUT2D eigenvalue weighted by molar-refractivity contribution is 0.0966. The van der Waals surface area contributed by atoms with Crippen molar-refractivity contribution in [2.45, 2.75) is 24.9 Å². The van der Waals surface area contributed by atoms with Gasteiger partial charge in [0.25, 0.3) is 0 Å². The van der Waals surface area contributed by atoms with E-state index in [0.29, 0.717) is 5.92 Å². The number of hydrogen-bond acceptors (Lipinski definition) is 3. The largest absolute Gasteiger partial charge is 0.387 e. The number of aliphatic hydroxyl groups excluding tert-OH is 1. The van der Waals surface area contributed by atoms with Crippen LogP contribution in [-0.4, -0.2) is 39.6 Å². The van der Waals surface area contributed by atoms with Crippen LogP contribution in [0.1, 0.15) is 36.3 Å². The molecule has 0 aliphatic carbocycles. The highest BCUT2D eigenvalue weighted by Gasteiger charge is 2.23. The van der Waals surface area contributed by atoms with Gasteiger partial charge in [-0.05, 0) is 31.5 Å². The number of nitrogens with zero attached hydrogens (tertiary/aromatic N) is 2. The highest BCUT2D eigenvalue weighted by Crippen LogP contribution is 2.26. The molecule has 4 nitrogen and oxygen atoms in total. The summed E-state index contributed by atoms with van der Waals surface area (Å²) in [7, 11) is 0. The minimum absolute atomic E-state index is 0.392. The van der Waals surface area contributed by atoms with Crippen molar-refractivity contribution in [2.24, 2.45) is 0 Å². The van der Waals surface area contributed by atoms with E-state index in [2.05, 4.69) is 14.9 Å². The van der Waals surface area contributed by atoms with Crippen LogP contribution in [0.3, 0.4) is 0 Å². The van der Waals surface area contributed by atoms with E-state index in [0.717, 1.165) is 43.9 Å². The van der Waals surface area contributed by atoms with E-state index >= 15 is 0 Å². The molecule has 1 saturated heterocycles. The summed E-state index contributed by atoms with van der Waals surface area (Å²) in [6.07, 6.45) is 5.53. The number of piperidine rings is 1. The Morgan fingerprint density at radius 1 is 1.25 bits per heavy atom. The first-order chi connectivity index (χ1) is 9.83. The second kappa shape index (κ2) is 6.20. The van der Waals surface area contributed by atoms with Crippen LogP contribution < -0.4 is 0 Å². The Hall–Kier alpha value is -1.65. The molecule has 1 aromatic heterocycles. The molecule has 2 N–H and O–H groups in total. The molecular weight excluding hydrogens is 250 g/mol. The zero-order valence-corrected chi connectivity index (χ0v) is 11.6. The highest BCUT2D eigenvalue weighted by molar-refractivity contribution is 5.17. The van der Waals surface area contributed by atoms with Gasteiger partial charge in [-0.25, -0.2) is 4.98 Å². The third-order valence-electron chi connectivity index (χ3n) is 4.11. The van der Waals surface area contributed by atoms with Gasteiger partial charge < -0.3 is 15.0 Å². The van der Waals surface area contributed by atoms with Crippen molar-refractivity contribution >= 4 is 0 Å². The molecule has 1 aliphatic heterocycles. The SMILES string of the molecule is O[C@@H](CN1CCC(c2ncc[nH]2)CC1)c1ccccc1. The summed E-state index contributed by atoms with van der Waals surface area (Å²) in [6.45, 7) is 2.76. The quantitative estimate of drug-likeness (QED) is 0.897. The maximum Gasteiger partial charge on any atom is 0.109 e. The summed E-state index contributed by atoms with van der Waals surface area (Å²) in [5.41, 5.74) is 1.00. The molecule has 20 heavy (non-hydrogen) atoms. The minimum Gasteiger partial charge on any atom is -0.387 e. The number of imidazole rings is 1. The maximum atomic E-state index is 10.3. The fourth-order valence-corrected chi connectivity index (χ4v) is 2.91. The summed E-state index contributed by atoms with van der Waals surface area (Å²) >= 11 is 0. The van der Waals surface area contributed by atoms with Gasteiger partial charge in [0, 0.05) is 24.9 Å². The fourth-order valence-electron chi connectivity index (χ4n) is 2.91. The van der Waals surface area contributed by atoms with E-state index < -0.39 is 6.10 Å². The zero-order chi connectivity index (χ0) is 13.8. The van der Waals surface area contributed by atoms with Gasteiger partial charge >= 0.3 is 0 Å². The number of aromatic nitrogens is 2. The maximum absolute atomic E-state index is 10.3. The molecule has 0 amide bonds. The van der Waals surface area contributed by atoms with Gasteiger partial charge in [-0.1, -0.05) is 30.3 Å². The average molecular weight is 271 g/mol. The molecule has 1 aromatic carbocycles. The van der Waals surface area contributed by atoms with Gasteiger partial charge in [0.1, 0.15) is 5.82 Å². The lowest BCUT2D eigenvalue weighted by Crippen LogP contribution is -2.36. The average Bonchev–Trinajstić information content (AvgIpc) is 3.03. The number of H-pyrrole nitrogens is 1. The molecule has 0 saturated carbocycles. The van der Waals surface area contributed by atoms with Gasteiger partial charge in [-0.2, -0.15) is 0 Å². The molecular formula is C16H21N3O. The summed E-state index contributed by atoms with van der Waals surface area (Å²) in [4.78, 5) is 9.90. The van der Waals surface area contributed by atoms with E-state index in [9.17, 15) is 5.11 Å². The van der Waals surface area contributed by atoms with Crippen molar-refractivity contribution in [3.63, 3.8) is 0 Å². The number of β-amino-alcohol motifs (C(OH)–C–C–N with tert-alkyl or cyclic N) is 1. The van der Waals surface area contributed by atoms with Gasteiger partial charge in [0.2, 0.25) is 0 Å². The van der Waals surface area contributed by atoms with Crippen LogP contribution in [-0.2, 0) is 0 Å². The Bertz CT molecular complexity index is 504. The van der Waals surface area contributed by atoms with Crippen molar-refractivity contribution in [2.75, 3.05) is 19.6 Å². The van der Waals surface area contributed by atoms with Crippen LogP contribution in [0.5, 0.6) is 0 Å². The number of nitrogens with one attached hydrogen (secondary N) is 1. The van der Waals surface area contributed by atoms with E-state index in [1.54, 1.807) is 0 Å². The van der Waals surface area contributed by atoms with Gasteiger partial charge in [-0.15, -0.1) is 0 Å². The zero-order valence-electron chi connectivity index (χ0n) is 11.6. The topological polar surface area (TPSA) is 52.1 Å². The van der Waals surface area contributed by atoms with Crippen LogP contribution in [0.2, 0.25) is 0 Å². The molecule has 2 heterocycles. The summed E-state index contributed by atoms with van der Waals surface area (Å²) < 4.78 is 0. The Balaban J connectivity index is 1.51. The van der Waals surface area contributed by atoms with Crippen LogP contribution in [0.15, 0.2) is 42.7 Å². The second-order valence-electron chi connectivity index (χ2n) is 5.48. The Labute approximate surface area is 119 Å². The smallest absolute Gasteiger partial charge is 0.109 e. The summed E-state index contributed by atoms with van der Waals surface area (Å²) in [6, 6.07) is 9.90. The third-order valence-corrected chi connectivity index (χ3v) is 4.11. The lowest BCUT2D eigenvalue weighted by atomic mass is 9.95. The normalized spacial score (nSPS) is 19.1. The highest BCUT2D eigenvalue weighted by atomic mass is 16.3. The van der Waals surface area contributed by atoms with Crippen molar-refractivity contribution in [1.82, 2.24) is 14.9 Å². The molecule has 1 atom stereocenters. The van der Waals surface area contributed by atoms with Gasteiger partial charge in [0.15, 0.2) is 0 Å². The number of aliphatic hydroxyl groups is 1. The van der Waals surface area contributed by atoms with Crippen LogP contribution in [0, 0.1) is 0 Å². The van der Waals surface area contributed by atoms with Gasteiger partial charge in [0.05, 0.1) is 6.10 Å². The monoisotopic (exact) mass is 271 g/mol. The van der Waals surface area contributed by atoms with Crippen LogP contribution in [0.25, 0.3) is 0 Å². The first-order valence-electron chi connectivity index (χ1n) is 7.27. The standard InChI is InChI=1S/C16H21N3O/c20-15(13-4-2-1-3-5-13)12-19-10-6-14(7-11-19)16-17-8-9-18-16/h1-5,8-9,14-15,20H,6-7,10-12H2,(H,17,18)/t15-/m0/s1. The first-order valence-corrected chi connectivity index (χ1v) is 7.27. The van der Waals surface area contributed by atoms with Crippen molar-refractivity contribution < 1.29 is 5.11 Å². The third kappa shape index (κ3) is 3.08. The van der Waals surface area contributed by atoms with E-state index in [1.165, 1.54) is 0 Å². The van der Waals surface area contributed by atoms with Crippen molar-refractivity contribution in [3.05, 3.63) is 54.1 Å². The van der Waals surface area contributed by atoms with E-state index in [-0.39, 0.29) is 0 Å². The second-order valence-corrected chi connectivity index (χ2v) is 5.48. The number of hydrogen-bond donors (Lipinski definition) is 2. The van der Waals surface area contributed by atoms with Gasteiger partial charge in [-0.3, -0.25) is 0 Å². The molecule has 1 fully saturated rings. The lowest BCUT2D eigenvalue weighted by Gasteiger charge is -2.32. The number of likely N-dealkylation sites (tertiary alicyclic amines) is 1. The Morgan fingerprint density at radius 2 is 2.00 bits per heavy atom. The van der Waals surface area contributed by atoms with Crippen LogP contribution in [0.4, 0.5) is 0 Å². The predicted molar refractivity (Wildman–Crippen MR) is 78.4 cm³/mol. The molecule has 2 aromatic rings. The summed E-state index contributed by atoms with van der Waals surface area (Å²) in [5, 5.41) is 10.3. The minimum atomic E-state index is -0.392.